The van der Waals surface area contributed by atoms with Crippen LogP contribution in [0.25, 0.3) is 0 Å². The van der Waals surface area contributed by atoms with Gasteiger partial charge in [0, 0.05) is 25.2 Å². The fourth-order valence-corrected chi connectivity index (χ4v) is 2.81. The number of carbonyl (C=O) groups excluding carboxylic acids is 1. The molecular weight excluding hydrogens is 252 g/mol. The highest BCUT2D eigenvalue weighted by atomic mass is 16.3. The Hall–Kier alpha value is -1.29. The molecule has 4 nitrogen and oxygen atoms in total. The van der Waals surface area contributed by atoms with Crippen molar-refractivity contribution >= 4 is 5.91 Å². The van der Waals surface area contributed by atoms with Crippen LogP contribution in [0.4, 0.5) is 0 Å². The second kappa shape index (κ2) is 6.44. The van der Waals surface area contributed by atoms with Crippen molar-refractivity contribution in [3.8, 4) is 0 Å². The van der Waals surface area contributed by atoms with Crippen molar-refractivity contribution in [2.24, 2.45) is 11.8 Å². The van der Waals surface area contributed by atoms with E-state index in [-0.39, 0.29) is 11.9 Å². The first kappa shape index (κ1) is 15.1. The zero-order valence-corrected chi connectivity index (χ0v) is 12.9. The third kappa shape index (κ3) is 3.42. The molecule has 0 radical (unpaired) electrons. The van der Waals surface area contributed by atoms with Gasteiger partial charge in [0.1, 0.15) is 0 Å². The number of nitrogens with zero attached hydrogens (tertiary/aromatic N) is 1. The highest BCUT2D eigenvalue weighted by molar-refractivity contribution is 5.91. The molecule has 0 bridgehead atoms. The average Bonchev–Trinajstić information content (AvgIpc) is 2.91. The van der Waals surface area contributed by atoms with Crippen molar-refractivity contribution in [1.29, 1.82) is 0 Å². The quantitative estimate of drug-likeness (QED) is 0.921. The van der Waals surface area contributed by atoms with E-state index in [1.807, 2.05) is 4.90 Å². The van der Waals surface area contributed by atoms with Crippen molar-refractivity contribution < 1.29 is 9.21 Å². The van der Waals surface area contributed by atoms with Gasteiger partial charge in [-0.15, -0.1) is 0 Å². The SMILES string of the molecule is CC(C)CC1CNC(C(C)C)CN1C(=O)c1ccco1. The van der Waals surface area contributed by atoms with Crippen LogP contribution < -0.4 is 5.32 Å². The summed E-state index contributed by atoms with van der Waals surface area (Å²) in [6.07, 6.45) is 2.58. The molecule has 1 aromatic rings. The lowest BCUT2D eigenvalue weighted by molar-refractivity contribution is 0.0490. The van der Waals surface area contributed by atoms with Crippen LogP contribution in [0.5, 0.6) is 0 Å². The van der Waals surface area contributed by atoms with Crippen LogP contribution in [-0.2, 0) is 0 Å². The van der Waals surface area contributed by atoms with E-state index in [0.29, 0.717) is 23.6 Å². The number of piperazine rings is 1. The number of rotatable bonds is 4. The summed E-state index contributed by atoms with van der Waals surface area (Å²) in [6, 6.07) is 4.13. The van der Waals surface area contributed by atoms with Crippen LogP contribution in [0.1, 0.15) is 44.7 Å². The van der Waals surface area contributed by atoms with Gasteiger partial charge in [-0.05, 0) is 30.4 Å². The Kier molecular flexibility index (Phi) is 4.86. The Balaban J connectivity index is 2.14. The average molecular weight is 278 g/mol. The Labute approximate surface area is 121 Å². The molecule has 4 heteroatoms. The minimum absolute atomic E-state index is 0.0211. The molecule has 0 aliphatic carbocycles. The zero-order valence-electron chi connectivity index (χ0n) is 12.9. The summed E-state index contributed by atoms with van der Waals surface area (Å²) in [5.41, 5.74) is 0. The molecule has 2 atom stereocenters. The van der Waals surface area contributed by atoms with Gasteiger partial charge >= 0.3 is 0 Å². The zero-order chi connectivity index (χ0) is 14.7. The van der Waals surface area contributed by atoms with Crippen molar-refractivity contribution in [1.82, 2.24) is 10.2 Å². The van der Waals surface area contributed by atoms with Crippen LogP contribution in [0, 0.1) is 11.8 Å². The van der Waals surface area contributed by atoms with Gasteiger partial charge in [0.05, 0.1) is 6.26 Å². The summed E-state index contributed by atoms with van der Waals surface area (Å²) in [7, 11) is 0. The summed E-state index contributed by atoms with van der Waals surface area (Å²) >= 11 is 0. The molecule has 2 heterocycles. The lowest BCUT2D eigenvalue weighted by Crippen LogP contribution is -2.60. The van der Waals surface area contributed by atoms with Crippen LogP contribution in [-0.4, -0.2) is 36.0 Å². The largest absolute Gasteiger partial charge is 0.459 e. The standard InChI is InChI=1S/C16H26N2O2/c1-11(2)8-13-9-17-14(12(3)4)10-18(13)16(19)15-6-5-7-20-15/h5-7,11-14,17H,8-10H2,1-4H3. The van der Waals surface area contributed by atoms with E-state index in [1.165, 1.54) is 0 Å². The van der Waals surface area contributed by atoms with E-state index in [9.17, 15) is 4.79 Å². The topological polar surface area (TPSA) is 45.5 Å². The van der Waals surface area contributed by atoms with E-state index in [2.05, 4.69) is 33.0 Å². The van der Waals surface area contributed by atoms with E-state index in [0.717, 1.165) is 19.5 Å². The Morgan fingerprint density at radius 3 is 2.75 bits per heavy atom. The predicted octanol–water partition coefficient (Wildman–Crippen LogP) is 2.76. The molecule has 0 spiro atoms. The molecule has 1 amide bonds. The van der Waals surface area contributed by atoms with Gasteiger partial charge in [-0.2, -0.15) is 0 Å². The lowest BCUT2D eigenvalue weighted by Gasteiger charge is -2.42. The van der Waals surface area contributed by atoms with Crippen molar-refractivity contribution in [2.45, 2.75) is 46.2 Å². The fourth-order valence-electron chi connectivity index (χ4n) is 2.81. The second-order valence-corrected chi connectivity index (χ2v) is 6.48. The number of amides is 1. The smallest absolute Gasteiger partial charge is 0.289 e. The molecule has 1 N–H and O–H groups in total. The first-order chi connectivity index (χ1) is 9.49. The maximum Gasteiger partial charge on any atom is 0.289 e. The number of carbonyl (C=O) groups is 1. The van der Waals surface area contributed by atoms with Crippen molar-refractivity contribution in [3.63, 3.8) is 0 Å². The van der Waals surface area contributed by atoms with Gasteiger partial charge in [-0.3, -0.25) is 4.79 Å². The summed E-state index contributed by atoms with van der Waals surface area (Å²) < 4.78 is 5.29. The van der Waals surface area contributed by atoms with Crippen molar-refractivity contribution in [2.75, 3.05) is 13.1 Å². The normalized spacial score (nSPS) is 23.6. The molecule has 0 saturated carbocycles. The van der Waals surface area contributed by atoms with E-state index in [4.69, 9.17) is 4.42 Å². The molecule has 1 aliphatic heterocycles. The third-order valence-corrected chi connectivity index (χ3v) is 3.99. The van der Waals surface area contributed by atoms with Crippen LogP contribution >= 0.6 is 0 Å². The highest BCUT2D eigenvalue weighted by Gasteiger charge is 2.34. The van der Waals surface area contributed by atoms with Gasteiger partial charge in [-0.25, -0.2) is 0 Å². The van der Waals surface area contributed by atoms with Crippen molar-refractivity contribution in [3.05, 3.63) is 24.2 Å². The molecule has 112 valence electrons. The molecular formula is C16H26N2O2. The highest BCUT2D eigenvalue weighted by Crippen LogP contribution is 2.21. The Morgan fingerprint density at radius 1 is 1.45 bits per heavy atom. The molecule has 20 heavy (non-hydrogen) atoms. The van der Waals surface area contributed by atoms with Gasteiger partial charge in [0.25, 0.3) is 5.91 Å². The molecule has 2 unspecified atom stereocenters. The second-order valence-electron chi connectivity index (χ2n) is 6.48. The first-order valence-electron chi connectivity index (χ1n) is 7.57. The van der Waals surface area contributed by atoms with Crippen LogP contribution in [0.3, 0.4) is 0 Å². The van der Waals surface area contributed by atoms with E-state index >= 15 is 0 Å². The van der Waals surface area contributed by atoms with Gasteiger partial charge in [0.15, 0.2) is 5.76 Å². The number of nitrogens with one attached hydrogen (secondary N) is 1. The van der Waals surface area contributed by atoms with Gasteiger partial charge < -0.3 is 14.6 Å². The lowest BCUT2D eigenvalue weighted by atomic mass is 9.95. The molecule has 2 rings (SSSR count). The minimum atomic E-state index is 0.0211. The fraction of sp³-hybridized carbons (Fsp3) is 0.688. The number of hydrogen-bond acceptors (Lipinski definition) is 3. The Bertz CT molecular complexity index is 426. The van der Waals surface area contributed by atoms with Crippen LogP contribution in [0.15, 0.2) is 22.8 Å². The molecule has 1 saturated heterocycles. The summed E-state index contributed by atoms with van der Waals surface area (Å²) in [4.78, 5) is 14.6. The maximum absolute atomic E-state index is 12.6. The third-order valence-electron chi connectivity index (χ3n) is 3.99. The monoisotopic (exact) mass is 278 g/mol. The number of furan rings is 1. The number of hydrogen-bond donors (Lipinski definition) is 1. The molecule has 1 aliphatic rings. The van der Waals surface area contributed by atoms with Crippen LogP contribution in [0.2, 0.25) is 0 Å². The first-order valence-corrected chi connectivity index (χ1v) is 7.57. The minimum Gasteiger partial charge on any atom is -0.459 e. The van der Waals surface area contributed by atoms with Gasteiger partial charge in [-0.1, -0.05) is 27.7 Å². The van der Waals surface area contributed by atoms with E-state index < -0.39 is 0 Å². The molecule has 0 aromatic carbocycles. The summed E-state index contributed by atoms with van der Waals surface area (Å²) in [5.74, 6) is 1.56. The molecule has 1 fully saturated rings. The predicted molar refractivity (Wildman–Crippen MR) is 79.6 cm³/mol. The molecule has 1 aromatic heterocycles. The Morgan fingerprint density at radius 2 is 2.20 bits per heavy atom. The van der Waals surface area contributed by atoms with Gasteiger partial charge in [0.2, 0.25) is 0 Å². The van der Waals surface area contributed by atoms with E-state index in [1.54, 1.807) is 18.4 Å². The summed E-state index contributed by atoms with van der Waals surface area (Å²) in [5, 5.41) is 3.58. The maximum atomic E-state index is 12.6. The summed E-state index contributed by atoms with van der Waals surface area (Å²) in [6.45, 7) is 10.4.